The molecule has 22 heavy (non-hydrogen) atoms. The van der Waals surface area contributed by atoms with E-state index in [4.69, 9.17) is 4.52 Å². The maximum Gasteiger partial charge on any atom is 0.247 e. The summed E-state index contributed by atoms with van der Waals surface area (Å²) in [4.78, 5) is 4.49. The Kier molecular flexibility index (Phi) is 2.86. The Bertz CT molecular complexity index is 926. The summed E-state index contributed by atoms with van der Waals surface area (Å²) in [6, 6.07) is 15.6. The first-order chi connectivity index (χ1) is 10.8. The van der Waals surface area contributed by atoms with Gasteiger partial charge in [-0.1, -0.05) is 29.4 Å². The van der Waals surface area contributed by atoms with Crippen molar-refractivity contribution in [2.75, 3.05) is 5.32 Å². The lowest BCUT2D eigenvalue weighted by Crippen LogP contribution is -1.96. The van der Waals surface area contributed by atoms with E-state index in [1.54, 1.807) is 10.8 Å². The van der Waals surface area contributed by atoms with Crippen molar-refractivity contribution in [2.45, 2.75) is 6.92 Å². The molecule has 0 aliphatic heterocycles. The fourth-order valence-corrected chi connectivity index (χ4v) is 2.32. The topological polar surface area (TPSA) is 68.2 Å². The molecule has 0 aliphatic rings. The highest BCUT2D eigenvalue weighted by Gasteiger charge is 2.13. The van der Waals surface area contributed by atoms with Gasteiger partial charge in [0, 0.05) is 11.3 Å². The van der Waals surface area contributed by atoms with E-state index in [9.17, 15) is 0 Å². The highest BCUT2D eigenvalue weighted by atomic mass is 16.5. The number of pyridine rings is 1. The first-order valence-corrected chi connectivity index (χ1v) is 6.90. The monoisotopic (exact) mass is 291 g/mol. The molecule has 0 saturated heterocycles. The van der Waals surface area contributed by atoms with Crippen molar-refractivity contribution < 1.29 is 4.52 Å². The van der Waals surface area contributed by atoms with Crippen LogP contribution in [0, 0.1) is 6.92 Å². The van der Waals surface area contributed by atoms with Crippen LogP contribution < -0.4 is 5.32 Å². The molecule has 0 spiro atoms. The number of anilines is 2. The average molecular weight is 291 g/mol. The van der Waals surface area contributed by atoms with Crippen LogP contribution in [0.5, 0.6) is 0 Å². The number of para-hydroxylation sites is 1. The molecule has 108 valence electrons. The SMILES string of the molecule is Cc1conc1-c1cccc2nc(Nc3ccccc3)nn12. The maximum absolute atomic E-state index is 5.02. The predicted molar refractivity (Wildman–Crippen MR) is 82.9 cm³/mol. The lowest BCUT2D eigenvalue weighted by Gasteiger charge is -2.01. The van der Waals surface area contributed by atoms with Crippen molar-refractivity contribution in [3.8, 4) is 11.4 Å². The van der Waals surface area contributed by atoms with Gasteiger partial charge in [-0.05, 0) is 31.2 Å². The molecule has 0 fully saturated rings. The highest BCUT2D eigenvalue weighted by molar-refractivity contribution is 5.63. The van der Waals surface area contributed by atoms with Crippen LogP contribution in [0.3, 0.4) is 0 Å². The highest BCUT2D eigenvalue weighted by Crippen LogP contribution is 2.23. The average Bonchev–Trinajstić information content (AvgIpc) is 3.13. The van der Waals surface area contributed by atoms with E-state index in [0.29, 0.717) is 5.95 Å². The molecular formula is C16H13N5O. The molecule has 0 unspecified atom stereocenters. The number of hydrogen-bond acceptors (Lipinski definition) is 5. The van der Waals surface area contributed by atoms with E-state index in [2.05, 4.69) is 20.6 Å². The summed E-state index contributed by atoms with van der Waals surface area (Å²) >= 11 is 0. The van der Waals surface area contributed by atoms with Crippen LogP contribution in [-0.4, -0.2) is 19.8 Å². The van der Waals surface area contributed by atoms with Crippen LogP contribution in [0.25, 0.3) is 17.0 Å². The minimum absolute atomic E-state index is 0.541. The van der Waals surface area contributed by atoms with E-state index < -0.39 is 0 Å². The van der Waals surface area contributed by atoms with Crippen molar-refractivity contribution in [3.63, 3.8) is 0 Å². The van der Waals surface area contributed by atoms with Crippen LogP contribution in [0.4, 0.5) is 11.6 Å². The zero-order valence-electron chi connectivity index (χ0n) is 11.9. The van der Waals surface area contributed by atoms with Gasteiger partial charge in [-0.15, -0.1) is 5.10 Å². The molecule has 0 amide bonds. The van der Waals surface area contributed by atoms with Crippen molar-refractivity contribution in [2.24, 2.45) is 0 Å². The summed E-state index contributed by atoms with van der Waals surface area (Å²) in [5.74, 6) is 0.541. The van der Waals surface area contributed by atoms with Crippen LogP contribution in [-0.2, 0) is 0 Å². The third-order valence-corrected chi connectivity index (χ3v) is 3.38. The van der Waals surface area contributed by atoms with Crippen molar-refractivity contribution in [3.05, 3.63) is 60.4 Å². The maximum atomic E-state index is 5.02. The van der Waals surface area contributed by atoms with E-state index in [1.165, 1.54) is 0 Å². The minimum Gasteiger partial charge on any atom is -0.364 e. The van der Waals surface area contributed by atoms with Gasteiger partial charge in [0.25, 0.3) is 0 Å². The fraction of sp³-hybridized carbons (Fsp3) is 0.0625. The number of fused-ring (bicyclic) bond motifs is 1. The molecule has 0 aliphatic carbocycles. The van der Waals surface area contributed by atoms with Gasteiger partial charge in [-0.2, -0.15) is 4.98 Å². The molecule has 1 N–H and O–H groups in total. The Labute approximate surface area is 126 Å². The Balaban J connectivity index is 1.80. The smallest absolute Gasteiger partial charge is 0.247 e. The third-order valence-electron chi connectivity index (χ3n) is 3.38. The van der Waals surface area contributed by atoms with E-state index in [1.807, 2.05) is 55.5 Å². The molecule has 4 aromatic rings. The number of benzene rings is 1. The number of nitrogens with one attached hydrogen (secondary N) is 1. The van der Waals surface area contributed by atoms with Gasteiger partial charge < -0.3 is 9.84 Å². The van der Waals surface area contributed by atoms with Crippen molar-refractivity contribution >= 4 is 17.3 Å². The van der Waals surface area contributed by atoms with Crippen LogP contribution in [0.2, 0.25) is 0 Å². The van der Waals surface area contributed by atoms with E-state index in [-0.39, 0.29) is 0 Å². The molecular weight excluding hydrogens is 278 g/mol. The van der Waals surface area contributed by atoms with E-state index >= 15 is 0 Å². The summed E-state index contributed by atoms with van der Waals surface area (Å²) in [6.45, 7) is 1.95. The Morgan fingerprint density at radius 3 is 2.68 bits per heavy atom. The minimum atomic E-state index is 0.541. The van der Waals surface area contributed by atoms with Gasteiger partial charge in [0.05, 0.1) is 5.69 Å². The predicted octanol–water partition coefficient (Wildman–Crippen LogP) is 3.44. The molecule has 4 rings (SSSR count). The molecule has 0 bridgehead atoms. The van der Waals surface area contributed by atoms with Gasteiger partial charge in [-0.25, -0.2) is 4.52 Å². The lowest BCUT2D eigenvalue weighted by molar-refractivity contribution is 0.421. The van der Waals surface area contributed by atoms with Gasteiger partial charge in [0.2, 0.25) is 5.95 Å². The Morgan fingerprint density at radius 1 is 1.05 bits per heavy atom. The van der Waals surface area contributed by atoms with Gasteiger partial charge in [0.15, 0.2) is 5.65 Å². The number of rotatable bonds is 3. The molecule has 0 saturated carbocycles. The summed E-state index contributed by atoms with van der Waals surface area (Å²) < 4.78 is 6.78. The zero-order valence-corrected chi connectivity index (χ0v) is 11.9. The van der Waals surface area contributed by atoms with Crippen molar-refractivity contribution in [1.29, 1.82) is 0 Å². The summed E-state index contributed by atoms with van der Waals surface area (Å²) in [5, 5.41) is 11.8. The second-order valence-electron chi connectivity index (χ2n) is 4.95. The van der Waals surface area contributed by atoms with Crippen LogP contribution >= 0.6 is 0 Å². The largest absolute Gasteiger partial charge is 0.364 e. The first kappa shape index (κ1) is 12.6. The molecule has 1 aromatic carbocycles. The number of aryl methyl sites for hydroxylation is 1. The van der Waals surface area contributed by atoms with Crippen molar-refractivity contribution in [1.82, 2.24) is 19.8 Å². The first-order valence-electron chi connectivity index (χ1n) is 6.90. The van der Waals surface area contributed by atoms with Crippen LogP contribution in [0.1, 0.15) is 5.56 Å². The molecule has 3 heterocycles. The third kappa shape index (κ3) is 2.10. The van der Waals surface area contributed by atoms with Crippen LogP contribution in [0.15, 0.2) is 59.3 Å². The summed E-state index contributed by atoms with van der Waals surface area (Å²) in [6.07, 6.45) is 1.62. The van der Waals surface area contributed by atoms with E-state index in [0.717, 1.165) is 28.3 Å². The summed E-state index contributed by atoms with van der Waals surface area (Å²) in [7, 11) is 0. The molecule has 3 aromatic heterocycles. The number of hydrogen-bond donors (Lipinski definition) is 1. The zero-order chi connectivity index (χ0) is 14.9. The fourth-order valence-electron chi connectivity index (χ4n) is 2.32. The molecule has 6 nitrogen and oxygen atoms in total. The Morgan fingerprint density at radius 2 is 1.91 bits per heavy atom. The number of aromatic nitrogens is 4. The molecule has 0 atom stereocenters. The van der Waals surface area contributed by atoms with Gasteiger partial charge in [-0.3, -0.25) is 0 Å². The second-order valence-corrected chi connectivity index (χ2v) is 4.95. The normalized spacial score (nSPS) is 11.0. The van der Waals surface area contributed by atoms with Gasteiger partial charge in [0.1, 0.15) is 12.0 Å². The quantitative estimate of drug-likeness (QED) is 0.626. The lowest BCUT2D eigenvalue weighted by atomic mass is 10.2. The second kappa shape index (κ2) is 5.00. The molecule has 0 radical (unpaired) electrons. The standard InChI is InChI=1S/C16H13N5O/c1-11-10-22-20-15(11)13-8-5-9-14-18-16(19-21(13)14)17-12-6-3-2-4-7-12/h2-10H,1H3,(H,17,19). The number of nitrogens with zero attached hydrogens (tertiary/aromatic N) is 4. The van der Waals surface area contributed by atoms with Gasteiger partial charge >= 0.3 is 0 Å². The Hall–Kier alpha value is -3.15. The summed E-state index contributed by atoms with van der Waals surface area (Å²) in [5.41, 5.74) is 4.26. The molecule has 6 heteroatoms.